The van der Waals surface area contributed by atoms with Gasteiger partial charge in [-0.2, -0.15) is 0 Å². The van der Waals surface area contributed by atoms with E-state index < -0.39 is 23.8 Å². The van der Waals surface area contributed by atoms with Crippen molar-refractivity contribution >= 4 is 23.6 Å². The Hall–Kier alpha value is -3.35. The van der Waals surface area contributed by atoms with Crippen LogP contribution in [0, 0.1) is 13.8 Å². The number of rotatable bonds is 9. The first-order chi connectivity index (χ1) is 16.4. The van der Waals surface area contributed by atoms with Crippen molar-refractivity contribution in [2.45, 2.75) is 79.0 Å². The van der Waals surface area contributed by atoms with E-state index in [0.29, 0.717) is 18.7 Å². The second-order valence-electron chi connectivity index (χ2n) is 9.82. The Morgan fingerprint density at radius 3 is 2.14 bits per heavy atom. The largest absolute Gasteiger partial charge is 0.444 e. The van der Waals surface area contributed by atoms with Crippen LogP contribution in [0.25, 0.3) is 0 Å². The highest BCUT2D eigenvalue weighted by Crippen LogP contribution is 2.28. The van der Waals surface area contributed by atoms with Crippen LogP contribution in [0.5, 0.6) is 0 Å². The molecule has 2 N–H and O–H groups in total. The van der Waals surface area contributed by atoms with Gasteiger partial charge in [0.15, 0.2) is 0 Å². The van der Waals surface area contributed by atoms with Crippen molar-refractivity contribution < 1.29 is 19.1 Å². The highest BCUT2D eigenvalue weighted by Gasteiger charge is 2.35. The molecular formula is C28H39N3O4. The maximum atomic E-state index is 13.7. The van der Waals surface area contributed by atoms with Crippen molar-refractivity contribution in [3.8, 4) is 0 Å². The SMILES string of the molecule is CCCCN(C(=O)C(C)NC(=O)OC(C)(C)C)C(C(=O)Nc1ccccc1C)c1ccccc1C. The van der Waals surface area contributed by atoms with E-state index in [1.807, 2.05) is 69.3 Å². The number of ether oxygens (including phenoxy) is 1. The summed E-state index contributed by atoms with van der Waals surface area (Å²) in [7, 11) is 0. The fourth-order valence-corrected chi connectivity index (χ4v) is 3.75. The van der Waals surface area contributed by atoms with E-state index in [-0.39, 0.29) is 11.8 Å². The van der Waals surface area contributed by atoms with E-state index in [1.165, 1.54) is 0 Å². The van der Waals surface area contributed by atoms with Gasteiger partial charge < -0.3 is 20.3 Å². The van der Waals surface area contributed by atoms with Gasteiger partial charge >= 0.3 is 6.09 Å². The van der Waals surface area contributed by atoms with Crippen LogP contribution in [0.2, 0.25) is 0 Å². The molecule has 2 atom stereocenters. The van der Waals surface area contributed by atoms with E-state index in [2.05, 4.69) is 10.6 Å². The summed E-state index contributed by atoms with van der Waals surface area (Å²) in [5.41, 5.74) is 2.58. The maximum absolute atomic E-state index is 13.7. The number of carbonyl (C=O) groups excluding carboxylic acids is 3. The van der Waals surface area contributed by atoms with Crippen LogP contribution in [0.1, 0.15) is 70.2 Å². The van der Waals surface area contributed by atoms with Gasteiger partial charge in [-0.3, -0.25) is 9.59 Å². The molecule has 7 heteroatoms. The summed E-state index contributed by atoms with van der Waals surface area (Å²) in [6.07, 6.45) is 0.883. The van der Waals surface area contributed by atoms with Crippen molar-refractivity contribution in [3.05, 3.63) is 65.2 Å². The average molecular weight is 482 g/mol. The molecule has 0 saturated carbocycles. The Morgan fingerprint density at radius 2 is 1.57 bits per heavy atom. The third-order valence-corrected chi connectivity index (χ3v) is 5.59. The average Bonchev–Trinajstić information content (AvgIpc) is 2.77. The smallest absolute Gasteiger partial charge is 0.408 e. The van der Waals surface area contributed by atoms with Gasteiger partial charge in [-0.15, -0.1) is 0 Å². The number of anilines is 1. The number of hydrogen-bond donors (Lipinski definition) is 2. The first-order valence-electron chi connectivity index (χ1n) is 12.2. The van der Waals surface area contributed by atoms with Gasteiger partial charge in [0.1, 0.15) is 17.7 Å². The third kappa shape index (κ3) is 8.12. The maximum Gasteiger partial charge on any atom is 0.408 e. The Balaban J connectivity index is 2.43. The van der Waals surface area contributed by atoms with E-state index >= 15 is 0 Å². The standard InChI is InChI=1S/C28H39N3O4/c1-8-9-18-31(26(33)21(4)29-27(34)35-28(5,6)7)24(22-16-12-10-14-19(22)2)25(32)30-23-17-13-11-15-20(23)3/h10-17,21,24H,8-9,18H2,1-7H3,(H,29,34)(H,30,32). The minimum atomic E-state index is -0.875. The summed E-state index contributed by atoms with van der Waals surface area (Å²) in [5.74, 6) is -0.653. The van der Waals surface area contributed by atoms with Gasteiger partial charge in [0.25, 0.3) is 5.91 Å². The summed E-state index contributed by atoms with van der Waals surface area (Å²) in [6, 6.07) is 13.4. The van der Waals surface area contributed by atoms with Crippen LogP contribution in [0.3, 0.4) is 0 Å². The van der Waals surface area contributed by atoms with Gasteiger partial charge in [-0.25, -0.2) is 4.79 Å². The first-order valence-corrected chi connectivity index (χ1v) is 12.2. The van der Waals surface area contributed by atoms with Crippen LogP contribution >= 0.6 is 0 Å². The van der Waals surface area contributed by atoms with Crippen molar-refractivity contribution in [1.82, 2.24) is 10.2 Å². The van der Waals surface area contributed by atoms with Gasteiger partial charge in [0.2, 0.25) is 5.91 Å². The Labute approximate surface area is 209 Å². The Morgan fingerprint density at radius 1 is 0.971 bits per heavy atom. The molecule has 0 bridgehead atoms. The minimum absolute atomic E-state index is 0.303. The molecule has 0 aliphatic rings. The molecule has 2 unspecified atom stereocenters. The molecule has 35 heavy (non-hydrogen) atoms. The zero-order chi connectivity index (χ0) is 26.2. The van der Waals surface area contributed by atoms with Gasteiger partial charge in [0.05, 0.1) is 0 Å². The van der Waals surface area contributed by atoms with Gasteiger partial charge in [-0.05, 0) is 70.7 Å². The lowest BCUT2D eigenvalue weighted by atomic mass is 9.97. The highest BCUT2D eigenvalue weighted by atomic mass is 16.6. The molecule has 2 aromatic carbocycles. The normalized spacial score (nSPS) is 12.9. The molecular weight excluding hydrogens is 442 g/mol. The minimum Gasteiger partial charge on any atom is -0.444 e. The lowest BCUT2D eigenvalue weighted by Gasteiger charge is -2.34. The van der Waals surface area contributed by atoms with Crippen LogP contribution in [-0.2, 0) is 14.3 Å². The highest BCUT2D eigenvalue weighted by molar-refractivity contribution is 5.99. The third-order valence-electron chi connectivity index (χ3n) is 5.59. The molecule has 0 aromatic heterocycles. The Bertz CT molecular complexity index is 1030. The molecule has 0 spiro atoms. The number of aryl methyl sites for hydroxylation is 2. The van der Waals surface area contributed by atoms with Crippen LogP contribution in [0.4, 0.5) is 10.5 Å². The van der Waals surface area contributed by atoms with E-state index in [0.717, 1.165) is 23.1 Å². The second-order valence-corrected chi connectivity index (χ2v) is 9.82. The quantitative estimate of drug-likeness (QED) is 0.493. The molecule has 190 valence electrons. The molecule has 0 aliphatic heterocycles. The van der Waals surface area contributed by atoms with Gasteiger partial charge in [-0.1, -0.05) is 55.8 Å². The van der Waals surface area contributed by atoms with Crippen molar-refractivity contribution in [1.29, 1.82) is 0 Å². The number of nitrogens with one attached hydrogen (secondary N) is 2. The number of amides is 3. The zero-order valence-corrected chi connectivity index (χ0v) is 22.0. The predicted molar refractivity (Wildman–Crippen MR) is 139 cm³/mol. The van der Waals surface area contributed by atoms with Crippen LogP contribution < -0.4 is 10.6 Å². The molecule has 2 rings (SSSR count). The summed E-state index contributed by atoms with van der Waals surface area (Å²) in [4.78, 5) is 41.3. The summed E-state index contributed by atoms with van der Waals surface area (Å²) in [5, 5.41) is 5.64. The van der Waals surface area contributed by atoms with Crippen molar-refractivity contribution in [3.63, 3.8) is 0 Å². The first kappa shape index (κ1) is 27.9. The number of alkyl carbamates (subject to hydrolysis) is 1. The topological polar surface area (TPSA) is 87.7 Å². The molecule has 3 amide bonds. The number of para-hydroxylation sites is 1. The molecule has 2 aromatic rings. The summed E-state index contributed by atoms with van der Waals surface area (Å²) in [6.45, 7) is 13.1. The monoisotopic (exact) mass is 481 g/mol. The molecule has 0 saturated heterocycles. The van der Waals surface area contributed by atoms with Crippen molar-refractivity contribution in [2.75, 3.05) is 11.9 Å². The van der Waals surface area contributed by atoms with Crippen LogP contribution in [-0.4, -0.2) is 41.0 Å². The van der Waals surface area contributed by atoms with Crippen molar-refractivity contribution in [2.24, 2.45) is 0 Å². The van der Waals surface area contributed by atoms with E-state index in [1.54, 1.807) is 32.6 Å². The lowest BCUT2D eigenvalue weighted by molar-refractivity contribution is -0.140. The number of nitrogens with zero attached hydrogens (tertiary/aromatic N) is 1. The predicted octanol–water partition coefficient (Wildman–Crippen LogP) is 5.53. The number of unbranched alkanes of at least 4 members (excludes halogenated alkanes) is 1. The fraction of sp³-hybridized carbons (Fsp3) is 0.464. The zero-order valence-electron chi connectivity index (χ0n) is 22.0. The molecule has 0 fully saturated rings. The second kappa shape index (κ2) is 12.4. The molecule has 0 aliphatic carbocycles. The van der Waals surface area contributed by atoms with E-state index in [9.17, 15) is 14.4 Å². The fourth-order valence-electron chi connectivity index (χ4n) is 3.75. The lowest BCUT2D eigenvalue weighted by Crippen LogP contribution is -2.51. The Kier molecular flexibility index (Phi) is 9.87. The number of carbonyl (C=O) groups is 3. The number of benzene rings is 2. The molecule has 7 nitrogen and oxygen atoms in total. The summed E-state index contributed by atoms with van der Waals surface area (Å²) < 4.78 is 5.32. The summed E-state index contributed by atoms with van der Waals surface area (Å²) >= 11 is 0. The number of hydrogen-bond acceptors (Lipinski definition) is 4. The molecule has 0 heterocycles. The van der Waals surface area contributed by atoms with Gasteiger partial charge in [0, 0.05) is 12.2 Å². The van der Waals surface area contributed by atoms with Crippen LogP contribution in [0.15, 0.2) is 48.5 Å². The molecule has 0 radical (unpaired) electrons. The van der Waals surface area contributed by atoms with E-state index in [4.69, 9.17) is 4.74 Å².